The number of carbonyl (C=O) groups excluding carboxylic acids is 1. The normalized spacial score (nSPS) is 10.8. The quantitative estimate of drug-likeness (QED) is 0.402. The van der Waals surface area contributed by atoms with E-state index in [1.807, 2.05) is 60.8 Å². The van der Waals surface area contributed by atoms with E-state index >= 15 is 0 Å². The number of aromatic nitrogens is 1. The molecule has 3 heteroatoms. The molecule has 3 nitrogen and oxygen atoms in total. The second-order valence-electron chi connectivity index (χ2n) is 7.13. The maximum absolute atomic E-state index is 12.3. The highest BCUT2D eigenvalue weighted by Gasteiger charge is 2.02. The van der Waals surface area contributed by atoms with E-state index in [-0.39, 0.29) is 5.91 Å². The van der Waals surface area contributed by atoms with Crippen LogP contribution in [0.3, 0.4) is 0 Å². The first kappa shape index (κ1) is 19.3. The average Bonchev–Trinajstić information content (AvgIpc) is 2.79. The largest absolute Gasteiger partial charge is 0.323 e. The van der Waals surface area contributed by atoms with E-state index in [0.717, 1.165) is 33.5 Å². The molecule has 0 aliphatic carbocycles. The molecule has 1 aromatic heterocycles. The molecule has 1 heterocycles. The van der Waals surface area contributed by atoms with E-state index in [1.54, 1.807) is 12.3 Å². The number of pyridine rings is 1. The maximum Gasteiger partial charge on any atom is 0.248 e. The lowest BCUT2D eigenvalue weighted by molar-refractivity contribution is -0.111. The van der Waals surface area contributed by atoms with Gasteiger partial charge in [-0.25, -0.2) is 0 Å². The fourth-order valence-corrected chi connectivity index (χ4v) is 3.20. The van der Waals surface area contributed by atoms with Crippen LogP contribution in [-0.2, 0) is 4.79 Å². The third-order valence-corrected chi connectivity index (χ3v) is 4.85. The number of aryl methyl sites for hydroxylation is 1. The third-order valence-electron chi connectivity index (χ3n) is 4.85. The van der Waals surface area contributed by atoms with Crippen LogP contribution in [0.5, 0.6) is 0 Å². The van der Waals surface area contributed by atoms with Crippen LogP contribution in [0.1, 0.15) is 11.1 Å². The summed E-state index contributed by atoms with van der Waals surface area (Å²) >= 11 is 0. The van der Waals surface area contributed by atoms with Gasteiger partial charge in [0.05, 0.1) is 0 Å². The van der Waals surface area contributed by atoms with Gasteiger partial charge in [-0.15, -0.1) is 0 Å². The standard InChI is InChI=1S/C27H22N2O/c1-20-7-10-22(11-8-20)24-5-2-4-21(18-24)9-16-27(30)29-26-14-12-23(13-15-26)25-6-3-17-28-19-25/h2-19H,1H3,(H,29,30). The summed E-state index contributed by atoms with van der Waals surface area (Å²) in [6.45, 7) is 2.08. The predicted octanol–water partition coefficient (Wildman–Crippen LogP) is 6.38. The van der Waals surface area contributed by atoms with E-state index in [2.05, 4.69) is 53.6 Å². The zero-order valence-corrected chi connectivity index (χ0v) is 16.7. The summed E-state index contributed by atoms with van der Waals surface area (Å²) < 4.78 is 0. The van der Waals surface area contributed by atoms with E-state index in [1.165, 1.54) is 5.56 Å². The minimum atomic E-state index is -0.162. The summed E-state index contributed by atoms with van der Waals surface area (Å²) in [4.78, 5) is 16.5. The minimum absolute atomic E-state index is 0.162. The zero-order chi connectivity index (χ0) is 20.8. The molecular formula is C27H22N2O. The van der Waals surface area contributed by atoms with Crippen molar-refractivity contribution in [3.8, 4) is 22.3 Å². The van der Waals surface area contributed by atoms with Crippen molar-refractivity contribution in [2.24, 2.45) is 0 Å². The van der Waals surface area contributed by atoms with Crippen LogP contribution in [0, 0.1) is 6.92 Å². The summed E-state index contributed by atoms with van der Waals surface area (Å²) in [6.07, 6.45) is 6.96. The van der Waals surface area contributed by atoms with Gasteiger partial charge in [-0.3, -0.25) is 9.78 Å². The first-order chi connectivity index (χ1) is 14.7. The number of hydrogen-bond donors (Lipinski definition) is 1. The highest BCUT2D eigenvalue weighted by Crippen LogP contribution is 2.22. The fourth-order valence-electron chi connectivity index (χ4n) is 3.20. The monoisotopic (exact) mass is 390 g/mol. The number of hydrogen-bond acceptors (Lipinski definition) is 2. The molecule has 3 aromatic carbocycles. The van der Waals surface area contributed by atoms with Gasteiger partial charge in [0, 0.05) is 24.2 Å². The van der Waals surface area contributed by atoms with Crippen molar-refractivity contribution in [1.29, 1.82) is 0 Å². The van der Waals surface area contributed by atoms with Crippen molar-refractivity contribution in [3.63, 3.8) is 0 Å². The predicted molar refractivity (Wildman–Crippen MR) is 124 cm³/mol. The Morgan fingerprint density at radius 2 is 1.50 bits per heavy atom. The van der Waals surface area contributed by atoms with Gasteiger partial charge in [0.25, 0.3) is 0 Å². The van der Waals surface area contributed by atoms with Crippen LogP contribution in [0.15, 0.2) is 103 Å². The average molecular weight is 390 g/mol. The zero-order valence-electron chi connectivity index (χ0n) is 16.7. The van der Waals surface area contributed by atoms with Crippen LogP contribution in [0.2, 0.25) is 0 Å². The molecule has 0 spiro atoms. The summed E-state index contributed by atoms with van der Waals surface area (Å²) in [5.74, 6) is -0.162. The Balaban J connectivity index is 1.41. The van der Waals surface area contributed by atoms with Gasteiger partial charge in [-0.1, -0.05) is 66.2 Å². The van der Waals surface area contributed by atoms with E-state index in [9.17, 15) is 4.79 Å². The highest BCUT2D eigenvalue weighted by atomic mass is 16.1. The van der Waals surface area contributed by atoms with Crippen LogP contribution < -0.4 is 5.32 Å². The Labute approximate surface area is 176 Å². The van der Waals surface area contributed by atoms with Crippen molar-refractivity contribution in [2.75, 3.05) is 5.32 Å². The Kier molecular flexibility index (Phi) is 5.81. The van der Waals surface area contributed by atoms with Crippen molar-refractivity contribution < 1.29 is 4.79 Å². The number of nitrogens with zero attached hydrogens (tertiary/aromatic N) is 1. The molecule has 4 aromatic rings. The molecule has 0 saturated carbocycles. The molecule has 146 valence electrons. The first-order valence-electron chi connectivity index (χ1n) is 9.84. The lowest BCUT2D eigenvalue weighted by Gasteiger charge is -2.05. The Hall–Kier alpha value is -3.98. The Morgan fingerprint density at radius 1 is 0.800 bits per heavy atom. The van der Waals surface area contributed by atoms with E-state index in [4.69, 9.17) is 0 Å². The molecule has 0 bridgehead atoms. The number of anilines is 1. The lowest BCUT2D eigenvalue weighted by atomic mass is 10.0. The van der Waals surface area contributed by atoms with E-state index in [0.29, 0.717) is 0 Å². The van der Waals surface area contributed by atoms with Gasteiger partial charge in [0.1, 0.15) is 0 Å². The smallest absolute Gasteiger partial charge is 0.248 e. The number of benzene rings is 3. The topological polar surface area (TPSA) is 42.0 Å². The SMILES string of the molecule is Cc1ccc(-c2cccc(C=CC(=O)Nc3ccc(-c4cccnc4)cc3)c2)cc1. The molecule has 0 radical (unpaired) electrons. The lowest BCUT2D eigenvalue weighted by Crippen LogP contribution is -2.07. The fraction of sp³-hybridized carbons (Fsp3) is 0.0370. The number of amides is 1. The molecular weight excluding hydrogens is 368 g/mol. The van der Waals surface area contributed by atoms with Crippen LogP contribution in [-0.4, -0.2) is 10.9 Å². The summed E-state index contributed by atoms with van der Waals surface area (Å²) in [5, 5.41) is 2.90. The number of rotatable bonds is 5. The second-order valence-corrected chi connectivity index (χ2v) is 7.13. The van der Waals surface area contributed by atoms with Crippen LogP contribution in [0.25, 0.3) is 28.3 Å². The molecule has 0 fully saturated rings. The van der Waals surface area contributed by atoms with Crippen LogP contribution in [0.4, 0.5) is 5.69 Å². The summed E-state index contributed by atoms with van der Waals surface area (Å²) in [5.41, 5.74) is 7.37. The molecule has 0 atom stereocenters. The van der Waals surface area contributed by atoms with Gasteiger partial charge in [0.15, 0.2) is 0 Å². The highest BCUT2D eigenvalue weighted by molar-refractivity contribution is 6.02. The first-order valence-corrected chi connectivity index (χ1v) is 9.84. The van der Waals surface area contributed by atoms with Gasteiger partial charge in [-0.2, -0.15) is 0 Å². The van der Waals surface area contributed by atoms with Crippen molar-refractivity contribution >= 4 is 17.7 Å². The van der Waals surface area contributed by atoms with Gasteiger partial charge >= 0.3 is 0 Å². The minimum Gasteiger partial charge on any atom is -0.323 e. The van der Waals surface area contributed by atoms with Crippen molar-refractivity contribution in [3.05, 3.63) is 115 Å². The second kappa shape index (κ2) is 9.01. The van der Waals surface area contributed by atoms with Gasteiger partial charge < -0.3 is 5.32 Å². The summed E-state index contributed by atoms with van der Waals surface area (Å²) in [6, 6.07) is 28.2. The third kappa shape index (κ3) is 4.89. The molecule has 1 N–H and O–H groups in total. The maximum atomic E-state index is 12.3. The van der Waals surface area contributed by atoms with Crippen molar-refractivity contribution in [2.45, 2.75) is 6.92 Å². The summed E-state index contributed by atoms with van der Waals surface area (Å²) in [7, 11) is 0. The number of carbonyl (C=O) groups is 1. The van der Waals surface area contributed by atoms with Crippen molar-refractivity contribution in [1.82, 2.24) is 4.98 Å². The molecule has 4 rings (SSSR count). The van der Waals surface area contributed by atoms with Gasteiger partial charge in [0.2, 0.25) is 5.91 Å². The van der Waals surface area contributed by atoms with Gasteiger partial charge in [-0.05, 0) is 65.1 Å². The Bertz CT molecular complexity index is 1160. The molecule has 0 aliphatic heterocycles. The molecule has 0 unspecified atom stereocenters. The molecule has 0 aliphatic rings. The number of nitrogens with one attached hydrogen (secondary N) is 1. The molecule has 1 amide bonds. The Morgan fingerprint density at radius 3 is 2.23 bits per heavy atom. The molecule has 0 saturated heterocycles. The van der Waals surface area contributed by atoms with Crippen LogP contribution >= 0.6 is 0 Å². The molecule has 30 heavy (non-hydrogen) atoms. The van der Waals surface area contributed by atoms with E-state index < -0.39 is 0 Å².